The van der Waals surface area contributed by atoms with Gasteiger partial charge in [-0.3, -0.25) is 24.1 Å². The first-order chi connectivity index (χ1) is 17.5. The van der Waals surface area contributed by atoms with Crippen LogP contribution in [0.3, 0.4) is 0 Å². The van der Waals surface area contributed by atoms with E-state index in [1.54, 1.807) is 30.5 Å². The summed E-state index contributed by atoms with van der Waals surface area (Å²) in [6.45, 7) is 6.05. The zero-order chi connectivity index (χ0) is 26.7. The van der Waals surface area contributed by atoms with E-state index >= 15 is 0 Å². The second-order valence-electron chi connectivity index (χ2n) is 10.7. The first kappa shape index (κ1) is 26.1. The maximum Gasteiger partial charge on any atom is 0.305 e. The number of fused-ring (bicyclic) bond motifs is 1. The summed E-state index contributed by atoms with van der Waals surface area (Å²) >= 11 is 0. The van der Waals surface area contributed by atoms with Crippen LogP contribution in [-0.2, 0) is 4.79 Å². The lowest BCUT2D eigenvalue weighted by atomic mass is 9.82. The smallest absolute Gasteiger partial charge is 0.305 e. The number of aliphatic carboxylic acids is 1. The molecule has 2 aromatic heterocycles. The molecule has 196 valence electrons. The van der Waals surface area contributed by atoms with Crippen LogP contribution in [0.4, 0.5) is 11.5 Å². The van der Waals surface area contributed by atoms with E-state index in [0.29, 0.717) is 28.3 Å². The Balaban J connectivity index is 1.67. The standard InChI is InChI=1S/C27H33N5O5/c1-27(2,3)30-25-24(18-9-11-20(12-10-18)32(36)37)29-22-15-19(13-14-31(22)25)26(35)28-21(16-23(33)34)17-7-5-4-6-8-17/h9-15,17,21,30H,4-8,16H2,1-3H3,(H,28,35)(H,33,34). The molecule has 1 aromatic carbocycles. The largest absolute Gasteiger partial charge is 0.481 e. The zero-order valence-corrected chi connectivity index (χ0v) is 21.4. The minimum Gasteiger partial charge on any atom is -0.481 e. The third-order valence-electron chi connectivity index (χ3n) is 6.66. The number of aromatic nitrogens is 2. The third kappa shape index (κ3) is 6.25. The molecule has 37 heavy (non-hydrogen) atoms. The fourth-order valence-corrected chi connectivity index (χ4v) is 4.91. The van der Waals surface area contributed by atoms with E-state index in [9.17, 15) is 24.8 Å². The fourth-order valence-electron chi connectivity index (χ4n) is 4.91. The molecule has 3 aromatic rings. The molecule has 0 radical (unpaired) electrons. The van der Waals surface area contributed by atoms with Crippen LogP contribution in [0.1, 0.15) is 69.7 Å². The van der Waals surface area contributed by atoms with E-state index in [2.05, 4.69) is 10.6 Å². The number of amides is 1. The van der Waals surface area contributed by atoms with Gasteiger partial charge in [0.15, 0.2) is 0 Å². The van der Waals surface area contributed by atoms with E-state index in [1.807, 2.05) is 25.2 Å². The van der Waals surface area contributed by atoms with Gasteiger partial charge in [0.1, 0.15) is 17.2 Å². The average Bonchev–Trinajstić information content (AvgIpc) is 3.20. The third-order valence-corrected chi connectivity index (χ3v) is 6.66. The van der Waals surface area contributed by atoms with Gasteiger partial charge in [-0.05, 0) is 63.8 Å². The van der Waals surface area contributed by atoms with E-state index in [1.165, 1.54) is 12.1 Å². The Morgan fingerprint density at radius 3 is 2.43 bits per heavy atom. The molecule has 1 saturated carbocycles. The summed E-state index contributed by atoms with van der Waals surface area (Å²) in [4.78, 5) is 40.1. The number of hydrogen-bond donors (Lipinski definition) is 3. The number of carboxylic acids is 1. The van der Waals surface area contributed by atoms with E-state index in [4.69, 9.17) is 4.98 Å². The van der Waals surface area contributed by atoms with Gasteiger partial charge in [-0.2, -0.15) is 0 Å². The van der Waals surface area contributed by atoms with Crippen molar-refractivity contribution >= 4 is 29.0 Å². The predicted molar refractivity (Wildman–Crippen MR) is 141 cm³/mol. The number of nitrogens with one attached hydrogen (secondary N) is 2. The minimum atomic E-state index is -0.926. The van der Waals surface area contributed by atoms with Gasteiger partial charge < -0.3 is 15.7 Å². The van der Waals surface area contributed by atoms with Crippen LogP contribution in [0, 0.1) is 16.0 Å². The maximum atomic E-state index is 13.2. The molecule has 10 nitrogen and oxygen atoms in total. The quantitative estimate of drug-likeness (QED) is 0.279. The van der Waals surface area contributed by atoms with Crippen LogP contribution in [0.25, 0.3) is 16.9 Å². The molecule has 2 heterocycles. The summed E-state index contributed by atoms with van der Waals surface area (Å²) in [6.07, 6.45) is 6.72. The van der Waals surface area contributed by atoms with Crippen molar-refractivity contribution in [3.63, 3.8) is 0 Å². The SMILES string of the molecule is CC(C)(C)Nc1c(-c2ccc([N+](=O)[O-])cc2)nc2cc(C(=O)NC(CC(=O)O)C3CCCCC3)ccn12. The number of nitrogens with zero attached hydrogens (tertiary/aromatic N) is 3. The van der Waals surface area contributed by atoms with Crippen molar-refractivity contribution in [3.8, 4) is 11.3 Å². The number of nitro groups is 1. The molecule has 10 heteroatoms. The first-order valence-corrected chi connectivity index (χ1v) is 12.6. The molecule has 1 fully saturated rings. The Morgan fingerprint density at radius 1 is 1.16 bits per heavy atom. The number of nitro benzene ring substituents is 1. The van der Waals surface area contributed by atoms with Crippen molar-refractivity contribution in [1.82, 2.24) is 14.7 Å². The topological polar surface area (TPSA) is 139 Å². The fraction of sp³-hybridized carbons (Fsp3) is 0.444. The molecule has 1 unspecified atom stereocenters. The van der Waals surface area contributed by atoms with Crippen LogP contribution in [0.2, 0.25) is 0 Å². The van der Waals surface area contributed by atoms with Gasteiger partial charge in [0, 0.05) is 41.0 Å². The second kappa shape index (κ2) is 10.6. The second-order valence-corrected chi connectivity index (χ2v) is 10.7. The number of rotatable bonds is 8. The number of imidazole rings is 1. The summed E-state index contributed by atoms with van der Waals surface area (Å²) in [5.74, 6) is -0.399. The number of carbonyl (C=O) groups is 2. The molecule has 0 aliphatic heterocycles. The molecular formula is C27H33N5O5. The average molecular weight is 508 g/mol. The van der Waals surface area contributed by atoms with E-state index in [0.717, 1.165) is 32.1 Å². The van der Waals surface area contributed by atoms with Crippen molar-refractivity contribution in [2.24, 2.45) is 5.92 Å². The van der Waals surface area contributed by atoms with Gasteiger partial charge in [0.2, 0.25) is 0 Å². The lowest BCUT2D eigenvalue weighted by molar-refractivity contribution is -0.384. The van der Waals surface area contributed by atoms with Crippen molar-refractivity contribution in [2.75, 3.05) is 5.32 Å². The summed E-state index contributed by atoms with van der Waals surface area (Å²) in [7, 11) is 0. The van der Waals surface area contributed by atoms with Crippen LogP contribution in [0.5, 0.6) is 0 Å². The van der Waals surface area contributed by atoms with Gasteiger partial charge in [-0.15, -0.1) is 0 Å². The molecule has 0 spiro atoms. The Morgan fingerprint density at radius 2 is 1.84 bits per heavy atom. The van der Waals surface area contributed by atoms with Crippen molar-refractivity contribution in [2.45, 2.75) is 70.9 Å². The Labute approximate surface area is 215 Å². The van der Waals surface area contributed by atoms with Crippen LogP contribution in [0.15, 0.2) is 42.6 Å². The predicted octanol–water partition coefficient (Wildman–Crippen LogP) is 5.27. The molecule has 0 saturated heterocycles. The van der Waals surface area contributed by atoms with Crippen LogP contribution < -0.4 is 10.6 Å². The molecule has 1 atom stereocenters. The molecule has 4 rings (SSSR count). The lowest BCUT2D eigenvalue weighted by Crippen LogP contribution is -2.42. The Kier molecular flexibility index (Phi) is 7.47. The summed E-state index contributed by atoms with van der Waals surface area (Å²) < 4.78 is 1.84. The molecule has 3 N–H and O–H groups in total. The molecule has 1 amide bonds. The highest BCUT2D eigenvalue weighted by Crippen LogP contribution is 2.32. The highest BCUT2D eigenvalue weighted by Gasteiger charge is 2.28. The van der Waals surface area contributed by atoms with Gasteiger partial charge >= 0.3 is 5.97 Å². The van der Waals surface area contributed by atoms with Crippen molar-refractivity contribution in [3.05, 3.63) is 58.3 Å². The number of carbonyl (C=O) groups excluding carboxylic acids is 1. The molecule has 0 bridgehead atoms. The first-order valence-electron chi connectivity index (χ1n) is 12.6. The van der Waals surface area contributed by atoms with E-state index in [-0.39, 0.29) is 29.5 Å². The highest BCUT2D eigenvalue weighted by molar-refractivity contribution is 5.96. The summed E-state index contributed by atoms with van der Waals surface area (Å²) in [5.41, 5.74) is 1.91. The molecule has 1 aliphatic rings. The molecule has 1 aliphatic carbocycles. The summed E-state index contributed by atoms with van der Waals surface area (Å²) in [5, 5.41) is 26.9. The van der Waals surface area contributed by atoms with Gasteiger partial charge in [0.25, 0.3) is 11.6 Å². The van der Waals surface area contributed by atoms with Crippen molar-refractivity contribution < 1.29 is 19.6 Å². The number of carboxylic acid groups (broad SMARTS) is 1. The van der Waals surface area contributed by atoms with E-state index < -0.39 is 16.9 Å². The zero-order valence-electron chi connectivity index (χ0n) is 21.4. The number of benzene rings is 1. The molecular weight excluding hydrogens is 474 g/mol. The van der Waals surface area contributed by atoms with Crippen LogP contribution >= 0.6 is 0 Å². The minimum absolute atomic E-state index is 0.00863. The van der Waals surface area contributed by atoms with Crippen LogP contribution in [-0.4, -0.2) is 42.9 Å². The number of non-ortho nitro benzene ring substituents is 1. The van der Waals surface area contributed by atoms with Crippen molar-refractivity contribution in [1.29, 1.82) is 0 Å². The number of pyridine rings is 1. The van der Waals surface area contributed by atoms with Gasteiger partial charge in [-0.25, -0.2) is 4.98 Å². The summed E-state index contributed by atoms with van der Waals surface area (Å²) in [6, 6.07) is 9.13. The highest BCUT2D eigenvalue weighted by atomic mass is 16.6. The maximum absolute atomic E-state index is 13.2. The normalized spacial score (nSPS) is 15.3. The Bertz CT molecular complexity index is 1300. The monoisotopic (exact) mass is 507 g/mol. The number of hydrogen-bond acceptors (Lipinski definition) is 6. The lowest BCUT2D eigenvalue weighted by Gasteiger charge is -2.30. The van der Waals surface area contributed by atoms with Gasteiger partial charge in [0.05, 0.1) is 11.3 Å². The number of anilines is 1. The van der Waals surface area contributed by atoms with Gasteiger partial charge in [-0.1, -0.05) is 19.3 Å². The Hall–Kier alpha value is -3.95.